The number of imidazole rings is 2. The van der Waals surface area contributed by atoms with E-state index in [-0.39, 0.29) is 41.8 Å². The van der Waals surface area contributed by atoms with E-state index in [1.54, 1.807) is 0 Å². The topological polar surface area (TPSA) is 201 Å². The predicted molar refractivity (Wildman–Crippen MR) is 272 cm³/mol. The zero-order valence-corrected chi connectivity index (χ0v) is 42.0. The van der Waals surface area contributed by atoms with Gasteiger partial charge in [0, 0.05) is 47.8 Å². The minimum absolute atomic E-state index is 0.0744. The summed E-state index contributed by atoms with van der Waals surface area (Å²) in [6.45, 7) is 8.87. The third kappa shape index (κ3) is 9.69. The van der Waals surface area contributed by atoms with E-state index in [4.69, 9.17) is 28.9 Å². The summed E-state index contributed by atoms with van der Waals surface area (Å²) in [5.74, 6) is 2.49. The summed E-state index contributed by atoms with van der Waals surface area (Å²) >= 11 is 0. The van der Waals surface area contributed by atoms with Crippen LogP contribution in [0.1, 0.15) is 121 Å². The van der Waals surface area contributed by atoms with Crippen LogP contribution in [0.25, 0.3) is 44.7 Å². The Balaban J connectivity index is 0.965. The van der Waals surface area contributed by atoms with Crippen LogP contribution in [0.4, 0.5) is 4.79 Å². The second-order valence-electron chi connectivity index (χ2n) is 20.4. The molecule has 6 aromatic rings. The number of nitrogens with one attached hydrogen (secondary N) is 4. The molecule has 3 amide bonds. The first kappa shape index (κ1) is 48.9. The number of aromatic nitrogens is 5. The number of carbonyl (C=O) groups is 3. The van der Waals surface area contributed by atoms with Gasteiger partial charge in [-0.3, -0.25) is 14.9 Å². The average molecular weight is 982 g/mol. The van der Waals surface area contributed by atoms with Gasteiger partial charge in [0.2, 0.25) is 24.5 Å². The van der Waals surface area contributed by atoms with Gasteiger partial charge in [0.25, 0.3) is 0 Å². The molecule has 6 unspecified atom stereocenters. The molecule has 0 bridgehead atoms. The molecule has 0 radical (unpaired) electrons. The van der Waals surface area contributed by atoms with Crippen molar-refractivity contribution in [1.29, 1.82) is 0 Å². The smallest absolute Gasteiger partial charge is 0.407 e. The van der Waals surface area contributed by atoms with Crippen LogP contribution in [0.15, 0.2) is 79.1 Å². The maximum absolute atomic E-state index is 13.9. The highest BCUT2D eigenvalue weighted by atomic mass is 16.6. The summed E-state index contributed by atoms with van der Waals surface area (Å²) in [7, 11) is 2.69. The number of fused-ring (bicyclic) bond motifs is 5. The molecular weight excluding hydrogens is 915 g/mol. The molecule has 17 nitrogen and oxygen atoms in total. The first-order chi connectivity index (χ1) is 34.9. The number of aromatic amines is 2. The zero-order chi connectivity index (χ0) is 50.2. The first-order valence-electron chi connectivity index (χ1n) is 25.6. The van der Waals surface area contributed by atoms with Gasteiger partial charge in [0.15, 0.2) is 0 Å². The molecule has 0 spiro atoms. The van der Waals surface area contributed by atoms with Gasteiger partial charge in [-0.15, -0.1) is 0 Å². The Morgan fingerprint density at radius 2 is 1.39 bits per heavy atom. The number of ether oxygens (including phenoxy) is 4. The lowest BCUT2D eigenvalue weighted by molar-refractivity contribution is -0.145. The van der Waals surface area contributed by atoms with Crippen LogP contribution >= 0.6 is 0 Å². The summed E-state index contributed by atoms with van der Waals surface area (Å²) in [5, 5.41) is 16.9. The zero-order valence-electron chi connectivity index (χ0n) is 42.0. The summed E-state index contributed by atoms with van der Waals surface area (Å²) < 4.78 is 25.8. The monoisotopic (exact) mass is 982 g/mol. The standard InChI is InChI=1S/C55H67N9O8/c1-31(2)47(60-54(67)69-5)51(65)62-23-11-17-43(62)49-56-29-40(58-49)33-20-22-42-36(25-33)27-45-39-21-19-34(28-46(39)72-53(64(42)45)35-13-10-16-38(26-35)71-37-14-8-7-9-15-37)41-30-57-50(59-41)44-18-12-24-63(44)52(66)48(32(3)4)61-55(68)70-6/h10,13,16,19-22,25-32,37,43-44,47-48,53-54,60,67H,7-9,11-12,14-15,17-18,23-24H2,1-6H3,(H,56,58)(H,57,59)(H,61,68). The van der Waals surface area contributed by atoms with Crippen LogP contribution in [-0.4, -0.2) is 109 Å². The Morgan fingerprint density at radius 1 is 0.750 bits per heavy atom. The van der Waals surface area contributed by atoms with Crippen molar-refractivity contribution in [1.82, 2.24) is 44.9 Å². The number of H-pyrrole nitrogens is 2. The number of methoxy groups -OCH3 is 2. The molecule has 10 rings (SSSR count). The Kier molecular flexibility index (Phi) is 14.1. The first-order valence-corrected chi connectivity index (χ1v) is 25.6. The Hall–Kier alpha value is -6.69. The van der Waals surface area contributed by atoms with Crippen LogP contribution in [-0.2, 0) is 19.1 Å². The highest BCUT2D eigenvalue weighted by Gasteiger charge is 2.39. The highest BCUT2D eigenvalue weighted by Crippen LogP contribution is 2.47. The second kappa shape index (κ2) is 20.8. The number of alkyl carbamates (subject to hydrolysis) is 1. The number of aliphatic hydroxyl groups is 1. The molecular formula is C55H67N9O8. The van der Waals surface area contributed by atoms with E-state index in [0.29, 0.717) is 18.9 Å². The van der Waals surface area contributed by atoms with E-state index in [1.165, 1.54) is 33.5 Å². The number of aliphatic hydroxyl groups excluding tert-OH is 1. The molecule has 5 N–H and O–H groups in total. The normalized spacial score (nSPS) is 20.3. The number of rotatable bonds is 15. The molecule has 17 heteroatoms. The summed E-state index contributed by atoms with van der Waals surface area (Å²) in [5.41, 5.74) is 7.38. The minimum Gasteiger partial charge on any atom is -0.490 e. The third-order valence-corrected chi connectivity index (χ3v) is 15.0. The van der Waals surface area contributed by atoms with Crippen molar-refractivity contribution in [3.05, 3.63) is 96.3 Å². The van der Waals surface area contributed by atoms with Crippen LogP contribution < -0.4 is 20.1 Å². The Labute approximate surface area is 420 Å². The van der Waals surface area contributed by atoms with Crippen LogP contribution in [0.3, 0.4) is 0 Å². The fourth-order valence-electron chi connectivity index (χ4n) is 11.1. The maximum Gasteiger partial charge on any atom is 0.407 e. The van der Waals surface area contributed by atoms with Gasteiger partial charge in [-0.1, -0.05) is 58.4 Å². The second-order valence-corrected chi connectivity index (χ2v) is 20.4. The highest BCUT2D eigenvalue weighted by molar-refractivity contribution is 5.93. The van der Waals surface area contributed by atoms with E-state index in [0.717, 1.165) is 106 Å². The lowest BCUT2D eigenvalue weighted by atomic mass is 9.98. The molecule has 3 aliphatic heterocycles. The van der Waals surface area contributed by atoms with E-state index in [1.807, 2.05) is 62.0 Å². The van der Waals surface area contributed by atoms with Gasteiger partial charge in [-0.2, -0.15) is 0 Å². The number of hydrogen-bond donors (Lipinski definition) is 5. The van der Waals surface area contributed by atoms with Crippen molar-refractivity contribution in [3.8, 4) is 45.3 Å². The lowest BCUT2D eigenvalue weighted by Crippen LogP contribution is -2.52. The molecule has 1 aliphatic carbocycles. The van der Waals surface area contributed by atoms with Gasteiger partial charge in [-0.05, 0) is 106 Å². The molecule has 2 saturated heterocycles. The van der Waals surface area contributed by atoms with E-state index in [2.05, 4.69) is 79.8 Å². The molecule has 3 fully saturated rings. The number of amides is 3. The average Bonchev–Trinajstić information content (AvgIpc) is 4.26. The molecule has 3 aromatic carbocycles. The van der Waals surface area contributed by atoms with Crippen molar-refractivity contribution < 1.29 is 38.4 Å². The molecule has 6 atom stereocenters. The van der Waals surface area contributed by atoms with Crippen molar-refractivity contribution in [2.45, 2.75) is 128 Å². The Bertz CT molecular complexity index is 2920. The number of likely N-dealkylation sites (tertiary alicyclic amines) is 2. The third-order valence-electron chi connectivity index (χ3n) is 15.0. The maximum atomic E-state index is 13.9. The molecule has 4 aliphatic rings. The van der Waals surface area contributed by atoms with Crippen LogP contribution in [0, 0.1) is 11.8 Å². The van der Waals surface area contributed by atoms with E-state index in [9.17, 15) is 19.5 Å². The van der Waals surface area contributed by atoms with Crippen LogP contribution in [0.2, 0.25) is 0 Å². The number of hydrogen-bond acceptors (Lipinski definition) is 11. The molecule has 6 heterocycles. The van der Waals surface area contributed by atoms with Crippen molar-refractivity contribution in [2.24, 2.45) is 11.8 Å². The number of carbonyl (C=O) groups excluding carboxylic acids is 3. The number of benzene rings is 3. The van der Waals surface area contributed by atoms with Crippen molar-refractivity contribution in [2.75, 3.05) is 27.3 Å². The van der Waals surface area contributed by atoms with E-state index < -0.39 is 30.8 Å². The Morgan fingerprint density at radius 3 is 2.03 bits per heavy atom. The number of nitrogens with zero attached hydrogens (tertiary/aromatic N) is 5. The minimum atomic E-state index is -1.25. The van der Waals surface area contributed by atoms with Gasteiger partial charge in [0.1, 0.15) is 29.2 Å². The lowest BCUT2D eigenvalue weighted by Gasteiger charge is -2.31. The largest absolute Gasteiger partial charge is 0.490 e. The molecule has 1 saturated carbocycles. The summed E-state index contributed by atoms with van der Waals surface area (Å²) in [6, 6.07) is 21.3. The summed E-state index contributed by atoms with van der Waals surface area (Å²) in [4.78, 5) is 60.4. The van der Waals surface area contributed by atoms with Gasteiger partial charge < -0.3 is 53.7 Å². The molecule has 380 valence electrons. The van der Waals surface area contributed by atoms with Crippen molar-refractivity contribution >= 4 is 28.8 Å². The molecule has 3 aromatic heterocycles. The van der Waals surface area contributed by atoms with Crippen molar-refractivity contribution in [3.63, 3.8) is 0 Å². The van der Waals surface area contributed by atoms with E-state index >= 15 is 0 Å². The molecule has 72 heavy (non-hydrogen) atoms. The van der Waals surface area contributed by atoms with Gasteiger partial charge in [-0.25, -0.2) is 14.8 Å². The quantitative estimate of drug-likeness (QED) is 0.0615. The van der Waals surface area contributed by atoms with Crippen LogP contribution in [0.5, 0.6) is 11.5 Å². The predicted octanol–water partition coefficient (Wildman–Crippen LogP) is 8.98. The van der Waals surface area contributed by atoms with Gasteiger partial charge in [0.05, 0.1) is 66.3 Å². The fraction of sp³-hybridized carbons (Fsp3) is 0.473. The fourth-order valence-corrected chi connectivity index (χ4v) is 11.1. The SMILES string of the molecule is COC(=O)NC(C(=O)N1CCCC1c1ncc(-c2ccc3c(c2)OC(c2cccc(OC4CCCCC4)c2)n2c-3cc3cc(-c4cnc(C5CCCN5C(=O)C(NC(O)OC)C(C)C)[nH]4)ccc32)[nH]1)C(C)C. The van der Waals surface area contributed by atoms with Gasteiger partial charge >= 0.3 is 6.09 Å². The summed E-state index contributed by atoms with van der Waals surface area (Å²) in [6.07, 6.45) is 10.3.